The summed E-state index contributed by atoms with van der Waals surface area (Å²) in [6.07, 6.45) is 4.17. The van der Waals surface area contributed by atoms with Crippen molar-refractivity contribution in [1.82, 2.24) is 4.90 Å². The Labute approximate surface area is 158 Å². The normalized spacial score (nSPS) is 21.8. The molecule has 1 saturated heterocycles. The average Bonchev–Trinajstić information content (AvgIpc) is 3.02. The maximum absolute atomic E-state index is 12.4. The number of nitrogens with zero attached hydrogens (tertiary/aromatic N) is 2. The predicted molar refractivity (Wildman–Crippen MR) is 104 cm³/mol. The van der Waals surface area contributed by atoms with Crippen LogP contribution in [-0.4, -0.2) is 50.4 Å². The summed E-state index contributed by atoms with van der Waals surface area (Å²) in [6.45, 7) is 4.14. The molecule has 1 aromatic carbocycles. The Morgan fingerprint density at radius 1 is 1.15 bits per heavy atom. The minimum Gasteiger partial charge on any atom is -0.496 e. The minimum atomic E-state index is -0.208. The summed E-state index contributed by atoms with van der Waals surface area (Å²) in [7, 11) is 4.74. The van der Waals surface area contributed by atoms with Gasteiger partial charge in [0, 0.05) is 24.7 Å². The highest BCUT2D eigenvalue weighted by molar-refractivity contribution is 8.18. The first-order valence-corrected chi connectivity index (χ1v) is 9.45. The number of piperidine rings is 1. The van der Waals surface area contributed by atoms with E-state index in [0.29, 0.717) is 28.1 Å². The highest BCUT2D eigenvalue weighted by Crippen LogP contribution is 2.38. The number of rotatable bonds is 4. The third-order valence-electron chi connectivity index (χ3n) is 4.56. The Balaban J connectivity index is 1.86. The van der Waals surface area contributed by atoms with Crippen LogP contribution >= 0.6 is 11.8 Å². The number of carbonyl (C=O) groups excluding carboxylic acids is 1. The van der Waals surface area contributed by atoms with Crippen LogP contribution in [-0.2, 0) is 4.79 Å². The SMILES string of the molecule is COc1cc(OC)c(OC)cc1C=C1SC(N2CCCC(C)C2)=NC1=O. The highest BCUT2D eigenvalue weighted by Gasteiger charge is 2.29. The number of amidine groups is 1. The van der Waals surface area contributed by atoms with E-state index in [4.69, 9.17) is 14.2 Å². The van der Waals surface area contributed by atoms with Crippen molar-refractivity contribution in [2.45, 2.75) is 19.8 Å². The molecule has 1 fully saturated rings. The fourth-order valence-corrected chi connectivity index (χ4v) is 4.14. The summed E-state index contributed by atoms with van der Waals surface area (Å²) in [4.78, 5) is 19.4. The van der Waals surface area contributed by atoms with Crippen molar-refractivity contribution in [3.8, 4) is 17.2 Å². The molecule has 1 atom stereocenters. The molecule has 1 unspecified atom stereocenters. The highest BCUT2D eigenvalue weighted by atomic mass is 32.2. The Morgan fingerprint density at radius 2 is 1.85 bits per heavy atom. The second-order valence-electron chi connectivity index (χ2n) is 6.45. The lowest BCUT2D eigenvalue weighted by atomic mass is 10.0. The lowest BCUT2D eigenvalue weighted by Gasteiger charge is -2.31. The van der Waals surface area contributed by atoms with Crippen molar-refractivity contribution < 1.29 is 19.0 Å². The fourth-order valence-electron chi connectivity index (χ4n) is 3.20. The number of ether oxygens (including phenoxy) is 3. The molecule has 2 aliphatic heterocycles. The first kappa shape index (κ1) is 18.6. The molecule has 2 aliphatic rings. The second kappa shape index (κ2) is 8.03. The first-order chi connectivity index (χ1) is 12.5. The molecule has 0 N–H and O–H groups in total. The molecule has 26 heavy (non-hydrogen) atoms. The van der Waals surface area contributed by atoms with Gasteiger partial charge in [-0.1, -0.05) is 6.92 Å². The molecule has 0 radical (unpaired) electrons. The Bertz CT molecular complexity index is 760. The van der Waals surface area contributed by atoms with Crippen LogP contribution in [0.5, 0.6) is 17.2 Å². The van der Waals surface area contributed by atoms with Gasteiger partial charge in [0.15, 0.2) is 16.7 Å². The topological polar surface area (TPSA) is 60.4 Å². The first-order valence-electron chi connectivity index (χ1n) is 8.63. The number of hydrogen-bond acceptors (Lipinski definition) is 6. The predicted octanol–water partition coefficient (Wildman–Crippen LogP) is 3.41. The van der Waals surface area contributed by atoms with Crippen molar-refractivity contribution >= 4 is 28.9 Å². The lowest BCUT2D eigenvalue weighted by molar-refractivity contribution is -0.113. The maximum Gasteiger partial charge on any atom is 0.286 e. The van der Waals surface area contributed by atoms with Crippen LogP contribution in [0, 0.1) is 5.92 Å². The quantitative estimate of drug-likeness (QED) is 0.751. The van der Waals surface area contributed by atoms with E-state index in [0.717, 1.165) is 30.2 Å². The van der Waals surface area contributed by atoms with Crippen LogP contribution in [0.4, 0.5) is 0 Å². The molecule has 140 valence electrons. The van der Waals surface area contributed by atoms with Gasteiger partial charge in [-0.3, -0.25) is 4.79 Å². The van der Waals surface area contributed by atoms with Crippen LogP contribution < -0.4 is 14.2 Å². The van der Waals surface area contributed by atoms with Crippen LogP contribution in [0.3, 0.4) is 0 Å². The number of aliphatic imine (C=N–C) groups is 1. The summed E-state index contributed by atoms with van der Waals surface area (Å²) in [5.74, 6) is 2.20. The zero-order valence-corrected chi connectivity index (χ0v) is 16.4. The minimum absolute atomic E-state index is 0.208. The third-order valence-corrected chi connectivity index (χ3v) is 5.60. The number of benzene rings is 1. The van der Waals surface area contributed by atoms with Gasteiger partial charge in [-0.2, -0.15) is 4.99 Å². The van der Waals surface area contributed by atoms with E-state index in [9.17, 15) is 4.79 Å². The number of carbonyl (C=O) groups is 1. The Kier molecular flexibility index (Phi) is 5.76. The molecular formula is C19H24N2O4S. The van der Waals surface area contributed by atoms with E-state index in [1.807, 2.05) is 0 Å². The molecule has 2 heterocycles. The van der Waals surface area contributed by atoms with Gasteiger partial charge in [0.2, 0.25) is 0 Å². The van der Waals surface area contributed by atoms with Crippen molar-refractivity contribution in [2.75, 3.05) is 34.4 Å². The molecule has 6 nitrogen and oxygen atoms in total. The number of methoxy groups -OCH3 is 3. The van der Waals surface area contributed by atoms with Gasteiger partial charge < -0.3 is 19.1 Å². The van der Waals surface area contributed by atoms with Gasteiger partial charge in [-0.05, 0) is 42.7 Å². The van der Waals surface area contributed by atoms with Crippen molar-refractivity contribution in [1.29, 1.82) is 0 Å². The van der Waals surface area contributed by atoms with E-state index in [-0.39, 0.29) is 5.91 Å². The second-order valence-corrected chi connectivity index (χ2v) is 7.46. The largest absolute Gasteiger partial charge is 0.496 e. The molecule has 0 spiro atoms. The standard InChI is InChI=1S/C19H24N2O4S/c1-12-6-5-7-21(11-12)19-20-18(22)17(26-19)9-13-8-15(24-3)16(25-4)10-14(13)23-2/h8-10,12H,5-7,11H2,1-4H3. The van der Waals surface area contributed by atoms with Gasteiger partial charge in [-0.15, -0.1) is 0 Å². The fraction of sp³-hybridized carbons (Fsp3) is 0.474. The monoisotopic (exact) mass is 376 g/mol. The molecule has 0 aromatic heterocycles. The molecule has 0 saturated carbocycles. The summed E-state index contributed by atoms with van der Waals surface area (Å²) < 4.78 is 16.1. The molecule has 1 amide bonds. The van der Waals surface area contributed by atoms with Crippen molar-refractivity contribution in [3.05, 3.63) is 22.6 Å². The van der Waals surface area contributed by atoms with Gasteiger partial charge in [0.25, 0.3) is 5.91 Å². The molecular weight excluding hydrogens is 352 g/mol. The van der Waals surface area contributed by atoms with Crippen LogP contribution in [0.15, 0.2) is 22.0 Å². The Morgan fingerprint density at radius 3 is 2.50 bits per heavy atom. The lowest BCUT2D eigenvalue weighted by Crippen LogP contribution is -2.37. The molecule has 0 aliphatic carbocycles. The van der Waals surface area contributed by atoms with Crippen molar-refractivity contribution in [2.24, 2.45) is 10.9 Å². The maximum atomic E-state index is 12.4. The summed E-state index contributed by atoms with van der Waals surface area (Å²) >= 11 is 1.42. The van der Waals surface area contributed by atoms with Gasteiger partial charge in [0.1, 0.15) is 5.75 Å². The van der Waals surface area contributed by atoms with E-state index < -0.39 is 0 Å². The van der Waals surface area contributed by atoms with E-state index in [1.54, 1.807) is 39.5 Å². The van der Waals surface area contributed by atoms with Crippen LogP contribution in [0.1, 0.15) is 25.3 Å². The summed E-state index contributed by atoms with van der Waals surface area (Å²) in [6, 6.07) is 3.56. The molecule has 1 aromatic rings. The van der Waals surface area contributed by atoms with Crippen LogP contribution in [0.25, 0.3) is 6.08 Å². The van der Waals surface area contributed by atoms with E-state index in [2.05, 4.69) is 16.8 Å². The van der Waals surface area contributed by atoms with Crippen LogP contribution in [0.2, 0.25) is 0 Å². The molecule has 0 bridgehead atoms. The summed E-state index contributed by atoms with van der Waals surface area (Å²) in [5, 5.41) is 0.798. The third kappa shape index (κ3) is 3.82. The van der Waals surface area contributed by atoms with Gasteiger partial charge >= 0.3 is 0 Å². The number of amides is 1. The van der Waals surface area contributed by atoms with Crippen molar-refractivity contribution in [3.63, 3.8) is 0 Å². The summed E-state index contributed by atoms with van der Waals surface area (Å²) in [5.41, 5.74) is 0.754. The average molecular weight is 376 g/mol. The zero-order chi connectivity index (χ0) is 18.7. The Hall–Kier alpha value is -2.15. The molecule has 7 heteroatoms. The number of hydrogen-bond donors (Lipinski definition) is 0. The number of likely N-dealkylation sites (tertiary alicyclic amines) is 1. The number of thioether (sulfide) groups is 1. The van der Waals surface area contributed by atoms with Gasteiger partial charge in [-0.25, -0.2) is 0 Å². The van der Waals surface area contributed by atoms with E-state index in [1.165, 1.54) is 18.2 Å². The van der Waals surface area contributed by atoms with E-state index >= 15 is 0 Å². The van der Waals surface area contributed by atoms with Gasteiger partial charge in [0.05, 0.1) is 26.2 Å². The smallest absolute Gasteiger partial charge is 0.286 e. The molecule has 3 rings (SSSR count). The zero-order valence-electron chi connectivity index (χ0n) is 15.6.